The smallest absolute Gasteiger partial charge is 0.134 e. The van der Waals surface area contributed by atoms with Gasteiger partial charge >= 0.3 is 0 Å². The number of hydrogen-bond donors (Lipinski definition) is 2. The van der Waals surface area contributed by atoms with Gasteiger partial charge in [-0.05, 0) is 37.5 Å². The summed E-state index contributed by atoms with van der Waals surface area (Å²) in [5.41, 5.74) is 0. The van der Waals surface area contributed by atoms with E-state index in [-0.39, 0.29) is 6.61 Å². The van der Waals surface area contributed by atoms with Gasteiger partial charge in [-0.2, -0.15) is 0 Å². The molecule has 2 N–H and O–H groups in total. The van der Waals surface area contributed by atoms with Gasteiger partial charge in [0.1, 0.15) is 18.0 Å². The number of rotatable bonds is 6. The quantitative estimate of drug-likeness (QED) is 0.841. The van der Waals surface area contributed by atoms with Crippen LogP contribution in [0.3, 0.4) is 0 Å². The van der Waals surface area contributed by atoms with Gasteiger partial charge in [0.2, 0.25) is 0 Å². The van der Waals surface area contributed by atoms with Gasteiger partial charge < -0.3 is 15.3 Å². The molecular formula is C16H26N4O. The summed E-state index contributed by atoms with van der Waals surface area (Å²) in [4.78, 5) is 11.0. The van der Waals surface area contributed by atoms with Crippen molar-refractivity contribution in [3.05, 3.63) is 12.4 Å². The van der Waals surface area contributed by atoms with Crippen LogP contribution in [-0.4, -0.2) is 40.8 Å². The van der Waals surface area contributed by atoms with Gasteiger partial charge in [0, 0.05) is 31.8 Å². The minimum atomic E-state index is 0.271. The molecule has 1 aromatic rings. The molecule has 5 heteroatoms. The van der Waals surface area contributed by atoms with Gasteiger partial charge in [-0.25, -0.2) is 9.97 Å². The highest BCUT2D eigenvalue weighted by atomic mass is 16.3. The first-order valence-electron chi connectivity index (χ1n) is 8.24. The van der Waals surface area contributed by atoms with Crippen LogP contribution in [0.15, 0.2) is 12.4 Å². The fraction of sp³-hybridized carbons (Fsp3) is 0.750. The topological polar surface area (TPSA) is 61.3 Å². The molecule has 116 valence electrons. The van der Waals surface area contributed by atoms with E-state index in [2.05, 4.69) is 33.2 Å². The van der Waals surface area contributed by atoms with Crippen molar-refractivity contribution >= 4 is 11.6 Å². The van der Waals surface area contributed by atoms with Crippen LogP contribution >= 0.6 is 0 Å². The maximum Gasteiger partial charge on any atom is 0.134 e. The lowest BCUT2D eigenvalue weighted by molar-refractivity contribution is 0.208. The van der Waals surface area contributed by atoms with Crippen LogP contribution in [0.25, 0.3) is 0 Å². The van der Waals surface area contributed by atoms with Crippen LogP contribution in [0.2, 0.25) is 0 Å². The Balaban J connectivity index is 1.60. The van der Waals surface area contributed by atoms with Gasteiger partial charge in [0.25, 0.3) is 0 Å². The summed E-state index contributed by atoms with van der Waals surface area (Å²) < 4.78 is 0. The minimum Gasteiger partial charge on any atom is -0.396 e. The fourth-order valence-electron chi connectivity index (χ4n) is 3.33. The number of hydrogen-bond acceptors (Lipinski definition) is 5. The number of aliphatic hydroxyl groups excluding tert-OH is 1. The Morgan fingerprint density at radius 3 is 3.14 bits per heavy atom. The Morgan fingerprint density at radius 2 is 2.33 bits per heavy atom. The van der Waals surface area contributed by atoms with E-state index in [0.29, 0.717) is 12.0 Å². The molecule has 2 aliphatic rings. The van der Waals surface area contributed by atoms with Gasteiger partial charge in [0.05, 0.1) is 0 Å². The van der Waals surface area contributed by atoms with E-state index in [1.54, 1.807) is 6.33 Å². The highest BCUT2D eigenvalue weighted by molar-refractivity contribution is 5.49. The number of anilines is 2. The second kappa shape index (κ2) is 6.60. The zero-order valence-corrected chi connectivity index (χ0v) is 12.8. The zero-order valence-electron chi connectivity index (χ0n) is 12.8. The summed E-state index contributed by atoms with van der Waals surface area (Å²) in [5.74, 6) is 3.12. The first kappa shape index (κ1) is 14.6. The molecular weight excluding hydrogens is 264 g/mol. The van der Waals surface area contributed by atoms with E-state index in [0.717, 1.165) is 43.5 Å². The highest BCUT2D eigenvalue weighted by Gasteiger charge is 2.36. The highest BCUT2D eigenvalue weighted by Crippen LogP contribution is 2.37. The summed E-state index contributed by atoms with van der Waals surface area (Å²) in [6.45, 7) is 4.43. The van der Waals surface area contributed by atoms with Crippen molar-refractivity contribution in [1.29, 1.82) is 0 Å². The van der Waals surface area contributed by atoms with Crippen molar-refractivity contribution in [2.24, 2.45) is 11.8 Å². The molecule has 0 spiro atoms. The molecule has 3 atom stereocenters. The molecule has 2 fully saturated rings. The number of piperidine rings is 1. The molecule has 0 amide bonds. The number of nitrogens with one attached hydrogen (secondary N) is 1. The van der Waals surface area contributed by atoms with Crippen molar-refractivity contribution in [3.8, 4) is 0 Å². The van der Waals surface area contributed by atoms with Crippen LogP contribution in [0.1, 0.15) is 39.0 Å². The van der Waals surface area contributed by atoms with Crippen molar-refractivity contribution < 1.29 is 5.11 Å². The third-order valence-electron chi connectivity index (χ3n) is 4.67. The molecule has 5 nitrogen and oxygen atoms in total. The number of nitrogens with zero attached hydrogens (tertiary/aromatic N) is 3. The van der Waals surface area contributed by atoms with E-state index >= 15 is 0 Å². The minimum absolute atomic E-state index is 0.271. The van der Waals surface area contributed by atoms with E-state index in [1.165, 1.54) is 19.3 Å². The summed E-state index contributed by atoms with van der Waals surface area (Å²) in [6, 6.07) is 2.65. The summed E-state index contributed by atoms with van der Waals surface area (Å²) in [6.07, 6.45) is 7.72. The number of aliphatic hydroxyl groups is 1. The first-order chi connectivity index (χ1) is 10.3. The molecule has 0 aromatic carbocycles. The van der Waals surface area contributed by atoms with E-state index in [1.807, 2.05) is 0 Å². The maximum atomic E-state index is 9.35. The molecule has 21 heavy (non-hydrogen) atoms. The van der Waals surface area contributed by atoms with Crippen molar-refractivity contribution in [2.75, 3.05) is 29.9 Å². The molecule has 0 bridgehead atoms. The normalized spacial score (nSPS) is 28.5. The maximum absolute atomic E-state index is 9.35. The first-order valence-corrected chi connectivity index (χ1v) is 8.24. The SMILES string of the molecule is CCCC1CC1Nc1cc(N2CCCC(CO)C2)ncn1. The molecule has 2 heterocycles. The average molecular weight is 290 g/mol. The lowest BCUT2D eigenvalue weighted by Gasteiger charge is -2.32. The van der Waals surface area contributed by atoms with Crippen molar-refractivity contribution in [1.82, 2.24) is 9.97 Å². The number of aromatic nitrogens is 2. The predicted octanol–water partition coefficient (Wildman–Crippen LogP) is 2.29. The van der Waals surface area contributed by atoms with Crippen LogP contribution in [0, 0.1) is 11.8 Å². The standard InChI is InChI=1S/C16H26N4O/c1-2-4-13-7-14(13)19-15-8-16(18-11-17-15)20-6-3-5-12(9-20)10-21/h8,11-14,21H,2-7,9-10H2,1H3,(H,17,18,19). The molecule has 1 saturated heterocycles. The van der Waals surface area contributed by atoms with Gasteiger partial charge in [-0.3, -0.25) is 0 Å². The lowest BCUT2D eigenvalue weighted by atomic mass is 9.99. The van der Waals surface area contributed by atoms with Gasteiger partial charge in [-0.15, -0.1) is 0 Å². The Hall–Kier alpha value is -1.36. The van der Waals surface area contributed by atoms with E-state index in [4.69, 9.17) is 0 Å². The molecule has 1 aromatic heterocycles. The monoisotopic (exact) mass is 290 g/mol. The molecule has 1 aliphatic carbocycles. The molecule has 3 rings (SSSR count). The summed E-state index contributed by atoms with van der Waals surface area (Å²) in [7, 11) is 0. The van der Waals surface area contributed by atoms with E-state index < -0.39 is 0 Å². The summed E-state index contributed by atoms with van der Waals surface area (Å²) >= 11 is 0. The molecule has 1 saturated carbocycles. The summed E-state index contributed by atoms with van der Waals surface area (Å²) in [5, 5.41) is 12.9. The average Bonchev–Trinajstić information content (AvgIpc) is 3.25. The van der Waals surface area contributed by atoms with E-state index in [9.17, 15) is 5.11 Å². The second-order valence-electron chi connectivity index (χ2n) is 6.43. The molecule has 0 radical (unpaired) electrons. The van der Waals surface area contributed by atoms with Crippen LogP contribution in [0.5, 0.6) is 0 Å². The lowest BCUT2D eigenvalue weighted by Crippen LogP contribution is -2.37. The Morgan fingerprint density at radius 1 is 1.43 bits per heavy atom. The van der Waals surface area contributed by atoms with Crippen LogP contribution < -0.4 is 10.2 Å². The molecule has 1 aliphatic heterocycles. The third-order valence-corrected chi connectivity index (χ3v) is 4.67. The largest absolute Gasteiger partial charge is 0.396 e. The van der Waals surface area contributed by atoms with Crippen LogP contribution in [0.4, 0.5) is 11.6 Å². The van der Waals surface area contributed by atoms with Crippen molar-refractivity contribution in [3.63, 3.8) is 0 Å². The Kier molecular flexibility index (Phi) is 4.58. The third kappa shape index (κ3) is 3.64. The fourth-order valence-corrected chi connectivity index (χ4v) is 3.33. The molecule has 3 unspecified atom stereocenters. The predicted molar refractivity (Wildman–Crippen MR) is 84.5 cm³/mol. The van der Waals surface area contributed by atoms with Gasteiger partial charge in [-0.1, -0.05) is 13.3 Å². The van der Waals surface area contributed by atoms with Crippen LogP contribution in [-0.2, 0) is 0 Å². The Labute approximate surface area is 126 Å². The Bertz CT molecular complexity index is 467. The van der Waals surface area contributed by atoms with Crippen molar-refractivity contribution in [2.45, 2.75) is 45.1 Å². The zero-order chi connectivity index (χ0) is 14.7. The van der Waals surface area contributed by atoms with Gasteiger partial charge in [0.15, 0.2) is 0 Å². The second-order valence-corrected chi connectivity index (χ2v) is 6.43.